The summed E-state index contributed by atoms with van der Waals surface area (Å²) in [5.41, 5.74) is 2.58. The largest absolute Gasteiger partial charge is 0.366 e. The fourth-order valence-corrected chi connectivity index (χ4v) is 3.06. The molecule has 0 radical (unpaired) electrons. The summed E-state index contributed by atoms with van der Waals surface area (Å²) < 4.78 is 13.9. The number of halogens is 1. The van der Waals surface area contributed by atoms with Gasteiger partial charge in [0.1, 0.15) is 5.82 Å². The molecular formula is C20H22FN3O2. The second kappa shape index (κ2) is 7.99. The Morgan fingerprint density at radius 2 is 1.65 bits per heavy atom. The maximum Gasteiger partial charge on any atom is 0.312 e. The van der Waals surface area contributed by atoms with Crippen molar-refractivity contribution in [1.82, 2.24) is 10.2 Å². The Labute approximate surface area is 152 Å². The van der Waals surface area contributed by atoms with E-state index in [9.17, 15) is 14.0 Å². The van der Waals surface area contributed by atoms with Gasteiger partial charge in [0.25, 0.3) is 0 Å². The van der Waals surface area contributed by atoms with Crippen LogP contribution in [0.3, 0.4) is 0 Å². The fourth-order valence-electron chi connectivity index (χ4n) is 3.06. The van der Waals surface area contributed by atoms with Crippen molar-refractivity contribution in [2.45, 2.75) is 13.5 Å². The normalized spacial score (nSPS) is 14.2. The number of carbonyl (C=O) groups is 2. The Morgan fingerprint density at radius 1 is 1.00 bits per heavy atom. The molecule has 1 aliphatic heterocycles. The molecule has 5 nitrogen and oxygen atoms in total. The smallest absolute Gasteiger partial charge is 0.312 e. The molecule has 1 aliphatic rings. The highest BCUT2D eigenvalue weighted by atomic mass is 19.1. The average molecular weight is 355 g/mol. The molecule has 0 unspecified atom stereocenters. The third kappa shape index (κ3) is 4.02. The van der Waals surface area contributed by atoms with Crippen LogP contribution in [0.1, 0.15) is 11.1 Å². The topological polar surface area (TPSA) is 52.7 Å². The molecule has 6 heteroatoms. The van der Waals surface area contributed by atoms with Crippen molar-refractivity contribution < 1.29 is 14.0 Å². The Morgan fingerprint density at radius 3 is 2.35 bits per heavy atom. The Kier molecular flexibility index (Phi) is 5.51. The van der Waals surface area contributed by atoms with Crippen molar-refractivity contribution in [2.75, 3.05) is 31.1 Å². The summed E-state index contributed by atoms with van der Waals surface area (Å²) in [6.45, 7) is 4.07. The maximum absolute atomic E-state index is 13.9. The van der Waals surface area contributed by atoms with Crippen LogP contribution in [0.25, 0.3) is 0 Å². The highest BCUT2D eigenvalue weighted by Crippen LogP contribution is 2.20. The minimum atomic E-state index is -0.604. The van der Waals surface area contributed by atoms with Gasteiger partial charge in [-0.2, -0.15) is 0 Å². The van der Waals surface area contributed by atoms with Gasteiger partial charge in [0.15, 0.2) is 0 Å². The third-order valence-corrected chi connectivity index (χ3v) is 4.65. The number of piperazine rings is 1. The number of amides is 2. The van der Waals surface area contributed by atoms with Crippen molar-refractivity contribution >= 4 is 17.5 Å². The Balaban J connectivity index is 1.52. The van der Waals surface area contributed by atoms with Crippen LogP contribution in [0.5, 0.6) is 0 Å². The zero-order valence-corrected chi connectivity index (χ0v) is 14.7. The molecule has 2 aromatic rings. The zero-order valence-electron chi connectivity index (χ0n) is 14.7. The molecule has 0 spiro atoms. The van der Waals surface area contributed by atoms with E-state index in [0.29, 0.717) is 38.4 Å². The van der Waals surface area contributed by atoms with E-state index >= 15 is 0 Å². The van der Waals surface area contributed by atoms with Gasteiger partial charge in [0, 0.05) is 32.7 Å². The fraction of sp³-hybridized carbons (Fsp3) is 0.300. The predicted octanol–water partition coefficient (Wildman–Crippen LogP) is 2.10. The van der Waals surface area contributed by atoms with E-state index in [1.807, 2.05) is 36.1 Å². The van der Waals surface area contributed by atoms with Crippen LogP contribution in [0.15, 0.2) is 48.5 Å². The predicted molar refractivity (Wildman–Crippen MR) is 98.2 cm³/mol. The summed E-state index contributed by atoms with van der Waals surface area (Å²) >= 11 is 0. The van der Waals surface area contributed by atoms with E-state index in [1.165, 1.54) is 11.0 Å². The second-order valence-electron chi connectivity index (χ2n) is 6.34. The quantitative estimate of drug-likeness (QED) is 0.858. The standard InChI is InChI=1S/C20H22FN3O2/c1-15-6-2-3-7-16(15)14-22-19(25)20(26)24-12-10-23(11-13-24)18-9-5-4-8-17(18)21/h2-9H,10-14H2,1H3,(H,22,25). The third-order valence-electron chi connectivity index (χ3n) is 4.65. The molecule has 0 aliphatic carbocycles. The van der Waals surface area contributed by atoms with Gasteiger partial charge in [-0.3, -0.25) is 9.59 Å². The molecule has 0 bridgehead atoms. The van der Waals surface area contributed by atoms with Crippen LogP contribution in [-0.4, -0.2) is 42.9 Å². The van der Waals surface area contributed by atoms with E-state index in [-0.39, 0.29) is 5.82 Å². The van der Waals surface area contributed by atoms with Gasteiger partial charge in [0.2, 0.25) is 0 Å². The van der Waals surface area contributed by atoms with Gasteiger partial charge in [-0.25, -0.2) is 4.39 Å². The van der Waals surface area contributed by atoms with Crippen LogP contribution in [0.2, 0.25) is 0 Å². The molecular weight excluding hydrogens is 333 g/mol. The van der Waals surface area contributed by atoms with Crippen LogP contribution in [0.4, 0.5) is 10.1 Å². The first kappa shape index (κ1) is 17.9. The van der Waals surface area contributed by atoms with Crippen molar-refractivity contribution in [1.29, 1.82) is 0 Å². The summed E-state index contributed by atoms with van der Waals surface area (Å²) in [4.78, 5) is 27.9. The lowest BCUT2D eigenvalue weighted by atomic mass is 10.1. The van der Waals surface area contributed by atoms with Crippen molar-refractivity contribution in [3.05, 3.63) is 65.5 Å². The molecule has 1 N–H and O–H groups in total. The van der Waals surface area contributed by atoms with Crippen molar-refractivity contribution in [3.63, 3.8) is 0 Å². The highest BCUT2D eigenvalue weighted by molar-refractivity contribution is 6.35. The van der Waals surface area contributed by atoms with Gasteiger partial charge in [-0.05, 0) is 30.2 Å². The summed E-state index contributed by atoms with van der Waals surface area (Å²) in [5.74, 6) is -1.41. The number of rotatable bonds is 3. The number of hydrogen-bond donors (Lipinski definition) is 1. The SMILES string of the molecule is Cc1ccccc1CNC(=O)C(=O)N1CCN(c2ccccc2F)CC1. The minimum absolute atomic E-state index is 0.275. The van der Waals surface area contributed by atoms with Gasteiger partial charge in [-0.15, -0.1) is 0 Å². The molecule has 2 amide bonds. The average Bonchev–Trinajstić information content (AvgIpc) is 2.67. The second-order valence-corrected chi connectivity index (χ2v) is 6.34. The molecule has 0 saturated carbocycles. The number of para-hydroxylation sites is 1. The van der Waals surface area contributed by atoms with Crippen LogP contribution < -0.4 is 10.2 Å². The number of nitrogens with one attached hydrogen (secondary N) is 1. The zero-order chi connectivity index (χ0) is 18.5. The van der Waals surface area contributed by atoms with Gasteiger partial charge in [-0.1, -0.05) is 36.4 Å². The van der Waals surface area contributed by atoms with Crippen molar-refractivity contribution in [3.8, 4) is 0 Å². The van der Waals surface area contributed by atoms with E-state index < -0.39 is 11.8 Å². The molecule has 1 fully saturated rings. The molecule has 0 aromatic heterocycles. The molecule has 26 heavy (non-hydrogen) atoms. The van der Waals surface area contributed by atoms with Crippen molar-refractivity contribution in [2.24, 2.45) is 0 Å². The number of anilines is 1. The lowest BCUT2D eigenvalue weighted by Gasteiger charge is -2.35. The Bertz CT molecular complexity index is 801. The van der Waals surface area contributed by atoms with Gasteiger partial charge < -0.3 is 15.1 Å². The Hall–Kier alpha value is -2.89. The van der Waals surface area contributed by atoms with Gasteiger partial charge in [0.05, 0.1) is 5.69 Å². The van der Waals surface area contributed by atoms with Crippen LogP contribution in [-0.2, 0) is 16.1 Å². The molecule has 1 saturated heterocycles. The first-order valence-corrected chi connectivity index (χ1v) is 8.67. The number of hydrogen-bond acceptors (Lipinski definition) is 3. The number of aryl methyl sites for hydroxylation is 1. The molecule has 2 aromatic carbocycles. The summed E-state index contributed by atoms with van der Waals surface area (Å²) in [7, 11) is 0. The summed E-state index contributed by atoms with van der Waals surface area (Å²) in [6.07, 6.45) is 0. The number of benzene rings is 2. The lowest BCUT2D eigenvalue weighted by molar-refractivity contribution is -0.146. The minimum Gasteiger partial charge on any atom is -0.366 e. The molecule has 136 valence electrons. The van der Waals surface area contributed by atoms with E-state index in [1.54, 1.807) is 18.2 Å². The van der Waals surface area contributed by atoms with Crippen LogP contribution in [0, 0.1) is 12.7 Å². The van der Waals surface area contributed by atoms with Crippen LogP contribution >= 0.6 is 0 Å². The van der Waals surface area contributed by atoms with E-state index in [0.717, 1.165) is 11.1 Å². The van der Waals surface area contributed by atoms with Gasteiger partial charge >= 0.3 is 11.8 Å². The molecule has 0 atom stereocenters. The first-order valence-electron chi connectivity index (χ1n) is 8.67. The maximum atomic E-state index is 13.9. The number of carbonyl (C=O) groups excluding carboxylic acids is 2. The first-order chi connectivity index (χ1) is 12.6. The molecule has 3 rings (SSSR count). The lowest BCUT2D eigenvalue weighted by Crippen LogP contribution is -2.52. The van der Waals surface area contributed by atoms with E-state index in [4.69, 9.17) is 0 Å². The summed E-state index contributed by atoms with van der Waals surface area (Å²) in [6, 6.07) is 14.3. The number of nitrogens with zero attached hydrogens (tertiary/aromatic N) is 2. The summed E-state index contributed by atoms with van der Waals surface area (Å²) in [5, 5.41) is 2.69. The van der Waals surface area contributed by atoms with E-state index in [2.05, 4.69) is 5.32 Å². The highest BCUT2D eigenvalue weighted by Gasteiger charge is 2.26. The monoisotopic (exact) mass is 355 g/mol. The molecule has 1 heterocycles.